The van der Waals surface area contributed by atoms with Gasteiger partial charge in [-0.1, -0.05) is 13.0 Å². The van der Waals surface area contributed by atoms with Crippen molar-refractivity contribution in [1.82, 2.24) is 0 Å². The van der Waals surface area contributed by atoms with Crippen molar-refractivity contribution in [2.75, 3.05) is 16.8 Å². The van der Waals surface area contributed by atoms with Gasteiger partial charge in [-0.15, -0.1) is 0 Å². The van der Waals surface area contributed by atoms with Crippen LogP contribution in [0.4, 0.5) is 17.1 Å². The Morgan fingerprint density at radius 3 is 2.50 bits per heavy atom. The standard InChI is InChI=1S/C20H21N3O5/c1-4-17-20(25)22(16-10-15(23(26)27)5-6-18(16)28-17)11-19(24)21-14-8-12(2)7-13(3)9-14/h5-10,17H,4,11H2,1-3H3,(H,21,24). The first kappa shape index (κ1) is 19.3. The SMILES string of the molecule is CCC1Oc2ccc([N+](=O)[O-])cc2N(CC(=O)Nc2cc(C)cc(C)c2)C1=O. The summed E-state index contributed by atoms with van der Waals surface area (Å²) in [5.41, 5.74) is 2.69. The molecule has 28 heavy (non-hydrogen) atoms. The summed E-state index contributed by atoms with van der Waals surface area (Å²) in [5, 5.41) is 13.9. The number of nitro groups is 1. The summed E-state index contributed by atoms with van der Waals surface area (Å²) in [6, 6.07) is 9.68. The minimum Gasteiger partial charge on any atom is -0.478 e. The first-order valence-electron chi connectivity index (χ1n) is 8.93. The fourth-order valence-corrected chi connectivity index (χ4v) is 3.24. The molecule has 3 rings (SSSR count). The molecule has 0 saturated heterocycles. The highest BCUT2D eigenvalue weighted by molar-refractivity contribution is 6.06. The quantitative estimate of drug-likeness (QED) is 0.630. The molecule has 2 aromatic rings. The lowest BCUT2D eigenvalue weighted by molar-refractivity contribution is -0.384. The van der Waals surface area contributed by atoms with E-state index in [1.807, 2.05) is 32.0 Å². The zero-order valence-corrected chi connectivity index (χ0v) is 15.9. The summed E-state index contributed by atoms with van der Waals surface area (Å²) in [6.07, 6.45) is -0.312. The van der Waals surface area contributed by atoms with Crippen LogP contribution in [0.15, 0.2) is 36.4 Å². The van der Waals surface area contributed by atoms with E-state index >= 15 is 0 Å². The van der Waals surface area contributed by atoms with Gasteiger partial charge in [0, 0.05) is 17.8 Å². The van der Waals surface area contributed by atoms with Gasteiger partial charge >= 0.3 is 0 Å². The van der Waals surface area contributed by atoms with Crippen LogP contribution < -0.4 is 15.0 Å². The van der Waals surface area contributed by atoms with Crippen LogP contribution in [-0.2, 0) is 9.59 Å². The molecule has 1 aliphatic heterocycles. The molecule has 1 atom stereocenters. The number of benzene rings is 2. The lowest BCUT2D eigenvalue weighted by Gasteiger charge is -2.33. The highest BCUT2D eigenvalue weighted by atomic mass is 16.6. The molecule has 8 heteroatoms. The molecule has 0 bridgehead atoms. The third-order valence-electron chi connectivity index (χ3n) is 4.43. The number of carbonyl (C=O) groups excluding carboxylic acids is 2. The van der Waals surface area contributed by atoms with Crippen molar-refractivity contribution in [3.05, 3.63) is 57.6 Å². The van der Waals surface area contributed by atoms with E-state index in [0.29, 0.717) is 17.9 Å². The number of ether oxygens (including phenoxy) is 1. The topological polar surface area (TPSA) is 102 Å². The van der Waals surface area contributed by atoms with Gasteiger partial charge in [-0.2, -0.15) is 0 Å². The summed E-state index contributed by atoms with van der Waals surface area (Å²) in [4.78, 5) is 37.1. The zero-order valence-electron chi connectivity index (χ0n) is 15.9. The Balaban J connectivity index is 1.88. The molecule has 0 fully saturated rings. The second-order valence-electron chi connectivity index (χ2n) is 6.77. The molecule has 2 aromatic carbocycles. The van der Waals surface area contributed by atoms with E-state index < -0.39 is 22.8 Å². The molecule has 1 N–H and O–H groups in total. The van der Waals surface area contributed by atoms with Crippen molar-refractivity contribution >= 4 is 28.9 Å². The van der Waals surface area contributed by atoms with Crippen LogP contribution in [0.5, 0.6) is 5.75 Å². The highest BCUT2D eigenvalue weighted by Gasteiger charge is 2.35. The van der Waals surface area contributed by atoms with E-state index in [9.17, 15) is 19.7 Å². The average molecular weight is 383 g/mol. The predicted octanol–water partition coefficient (Wildman–Crippen LogP) is 3.35. The molecule has 8 nitrogen and oxygen atoms in total. The Hall–Kier alpha value is -3.42. The monoisotopic (exact) mass is 383 g/mol. The van der Waals surface area contributed by atoms with Crippen LogP contribution in [0, 0.1) is 24.0 Å². The number of amides is 2. The Labute approximate surface area is 162 Å². The van der Waals surface area contributed by atoms with Gasteiger partial charge in [0.2, 0.25) is 5.91 Å². The summed E-state index contributed by atoms with van der Waals surface area (Å²) in [5.74, 6) is -0.449. The summed E-state index contributed by atoms with van der Waals surface area (Å²) >= 11 is 0. The van der Waals surface area contributed by atoms with Crippen LogP contribution >= 0.6 is 0 Å². The van der Waals surface area contributed by atoms with Gasteiger partial charge in [0.05, 0.1) is 10.6 Å². The Bertz CT molecular complexity index is 937. The minimum atomic E-state index is -0.733. The molecule has 0 aliphatic carbocycles. The van der Waals surface area contributed by atoms with Crippen molar-refractivity contribution < 1.29 is 19.2 Å². The predicted molar refractivity (Wildman–Crippen MR) is 105 cm³/mol. The minimum absolute atomic E-state index is 0.176. The fraction of sp³-hybridized carbons (Fsp3) is 0.300. The van der Waals surface area contributed by atoms with Crippen LogP contribution in [0.3, 0.4) is 0 Å². The second-order valence-corrected chi connectivity index (χ2v) is 6.77. The lowest BCUT2D eigenvalue weighted by Crippen LogP contribution is -2.48. The number of fused-ring (bicyclic) bond motifs is 1. The molecule has 0 radical (unpaired) electrons. The van der Waals surface area contributed by atoms with Gasteiger partial charge in [0.1, 0.15) is 12.3 Å². The number of rotatable bonds is 5. The summed E-state index contributed by atoms with van der Waals surface area (Å²) in [7, 11) is 0. The Morgan fingerprint density at radius 2 is 1.89 bits per heavy atom. The van der Waals surface area contributed by atoms with Crippen molar-refractivity contribution in [3.8, 4) is 5.75 Å². The van der Waals surface area contributed by atoms with Gasteiger partial charge < -0.3 is 10.1 Å². The van der Waals surface area contributed by atoms with Gasteiger partial charge in [-0.3, -0.25) is 24.6 Å². The van der Waals surface area contributed by atoms with Gasteiger partial charge in [0.25, 0.3) is 11.6 Å². The number of anilines is 2. The number of hydrogen-bond acceptors (Lipinski definition) is 5. The summed E-state index contributed by atoms with van der Waals surface area (Å²) < 4.78 is 5.64. The van der Waals surface area contributed by atoms with Crippen molar-refractivity contribution in [2.45, 2.75) is 33.3 Å². The van der Waals surface area contributed by atoms with E-state index in [4.69, 9.17) is 4.74 Å². The third kappa shape index (κ3) is 3.95. The maximum atomic E-state index is 12.7. The van der Waals surface area contributed by atoms with Gasteiger partial charge in [-0.25, -0.2) is 0 Å². The first-order valence-corrected chi connectivity index (χ1v) is 8.93. The second kappa shape index (κ2) is 7.67. The average Bonchev–Trinajstić information content (AvgIpc) is 2.62. The van der Waals surface area contributed by atoms with Crippen LogP contribution in [0.2, 0.25) is 0 Å². The molecule has 0 saturated carbocycles. The highest BCUT2D eigenvalue weighted by Crippen LogP contribution is 2.37. The summed E-state index contributed by atoms with van der Waals surface area (Å²) in [6.45, 7) is 5.39. The van der Waals surface area contributed by atoms with Crippen molar-refractivity contribution in [1.29, 1.82) is 0 Å². The number of nitrogens with one attached hydrogen (secondary N) is 1. The molecule has 2 amide bonds. The molecule has 1 heterocycles. The third-order valence-corrected chi connectivity index (χ3v) is 4.43. The maximum Gasteiger partial charge on any atom is 0.271 e. The number of carbonyl (C=O) groups is 2. The molecule has 0 aromatic heterocycles. The van der Waals surface area contributed by atoms with Crippen molar-refractivity contribution in [2.24, 2.45) is 0 Å². The zero-order chi connectivity index (χ0) is 20.4. The normalized spacial score (nSPS) is 15.6. The van der Waals surface area contributed by atoms with Crippen molar-refractivity contribution in [3.63, 3.8) is 0 Å². The van der Waals surface area contributed by atoms with E-state index in [1.54, 1.807) is 6.92 Å². The molecular formula is C20H21N3O5. The largest absolute Gasteiger partial charge is 0.478 e. The number of non-ortho nitro benzene ring substituents is 1. The number of nitrogens with zero attached hydrogens (tertiary/aromatic N) is 2. The van der Waals surface area contributed by atoms with E-state index in [0.717, 1.165) is 11.1 Å². The van der Waals surface area contributed by atoms with Gasteiger partial charge in [0.15, 0.2) is 6.10 Å². The van der Waals surface area contributed by atoms with E-state index in [2.05, 4.69) is 5.32 Å². The molecular weight excluding hydrogens is 362 g/mol. The molecule has 0 spiro atoms. The fourth-order valence-electron chi connectivity index (χ4n) is 3.24. The number of nitro benzene ring substituents is 1. The van der Waals surface area contributed by atoms with E-state index in [-0.39, 0.29) is 17.9 Å². The van der Waals surface area contributed by atoms with Gasteiger partial charge in [-0.05, 0) is 49.6 Å². The van der Waals surface area contributed by atoms with E-state index in [1.165, 1.54) is 23.1 Å². The van der Waals surface area contributed by atoms with Crippen LogP contribution in [-0.4, -0.2) is 29.4 Å². The molecule has 146 valence electrons. The number of hydrogen-bond donors (Lipinski definition) is 1. The number of aryl methyl sites for hydroxylation is 2. The molecule has 1 aliphatic rings. The Kier molecular flexibility index (Phi) is 5.30. The van der Waals surface area contributed by atoms with Crippen LogP contribution in [0.1, 0.15) is 24.5 Å². The first-order chi connectivity index (χ1) is 13.3. The van der Waals surface area contributed by atoms with Crippen LogP contribution in [0.25, 0.3) is 0 Å². The Morgan fingerprint density at radius 1 is 1.21 bits per heavy atom. The smallest absolute Gasteiger partial charge is 0.271 e. The molecule has 1 unspecified atom stereocenters. The lowest BCUT2D eigenvalue weighted by atomic mass is 10.1. The maximum absolute atomic E-state index is 12.7.